The molecule has 1 aliphatic heterocycles. The van der Waals surface area contributed by atoms with Crippen molar-refractivity contribution in [3.8, 4) is 11.4 Å². The molecule has 1 fully saturated rings. The predicted molar refractivity (Wildman–Crippen MR) is 98.9 cm³/mol. The van der Waals surface area contributed by atoms with E-state index in [2.05, 4.69) is 32.6 Å². The zero-order chi connectivity index (χ0) is 18.1. The highest BCUT2D eigenvalue weighted by Gasteiger charge is 2.22. The molecular weight excluding hydrogens is 330 g/mol. The number of rotatable bonds is 4. The summed E-state index contributed by atoms with van der Waals surface area (Å²) in [5, 5.41) is 14.5. The van der Waals surface area contributed by atoms with E-state index in [1.165, 1.54) is 0 Å². The minimum atomic E-state index is -0.215. The summed E-state index contributed by atoms with van der Waals surface area (Å²) in [4.78, 5) is 14.9. The Morgan fingerprint density at radius 3 is 2.81 bits per heavy atom. The molecule has 0 unspecified atom stereocenters. The second-order valence-electron chi connectivity index (χ2n) is 6.82. The molecule has 0 saturated carbocycles. The fourth-order valence-corrected chi connectivity index (χ4v) is 3.42. The first kappa shape index (κ1) is 16.6. The minimum Gasteiger partial charge on any atom is -0.349 e. The number of hydrogen-bond donors (Lipinski definition) is 2. The van der Waals surface area contributed by atoms with Gasteiger partial charge in [0.25, 0.3) is 5.91 Å². The number of amides is 1. The second kappa shape index (κ2) is 6.80. The maximum atomic E-state index is 12.6. The van der Waals surface area contributed by atoms with Crippen LogP contribution in [0.3, 0.4) is 0 Å². The third-order valence-electron chi connectivity index (χ3n) is 4.97. The van der Waals surface area contributed by atoms with Crippen molar-refractivity contribution < 1.29 is 4.79 Å². The maximum Gasteiger partial charge on any atom is 0.274 e. The summed E-state index contributed by atoms with van der Waals surface area (Å²) in [5.74, 6) is 0.507. The van der Waals surface area contributed by atoms with Crippen LogP contribution in [0.1, 0.15) is 29.4 Å². The topological polar surface area (TPSA) is 83.8 Å². The number of nitrogens with zero attached hydrogens (tertiary/aromatic N) is 5. The first-order chi connectivity index (χ1) is 12.6. The van der Waals surface area contributed by atoms with Crippen molar-refractivity contribution in [2.75, 3.05) is 25.5 Å². The van der Waals surface area contributed by atoms with Crippen LogP contribution in [0.5, 0.6) is 0 Å². The van der Waals surface area contributed by atoms with Crippen LogP contribution in [0.2, 0.25) is 0 Å². The van der Waals surface area contributed by atoms with Crippen LogP contribution in [0.4, 0.5) is 5.82 Å². The van der Waals surface area contributed by atoms with Gasteiger partial charge in [-0.25, -0.2) is 4.68 Å². The lowest BCUT2D eigenvalue weighted by Crippen LogP contribution is -2.32. The quantitative estimate of drug-likeness (QED) is 0.753. The van der Waals surface area contributed by atoms with Crippen LogP contribution in [0, 0.1) is 0 Å². The minimum absolute atomic E-state index is 0.215. The molecule has 3 aromatic heterocycles. The number of piperidine rings is 1. The monoisotopic (exact) mass is 353 g/mol. The highest BCUT2D eigenvalue weighted by molar-refractivity contribution is 6.02. The summed E-state index contributed by atoms with van der Waals surface area (Å²) >= 11 is 0. The Morgan fingerprint density at radius 1 is 1.27 bits per heavy atom. The summed E-state index contributed by atoms with van der Waals surface area (Å²) in [6.07, 6.45) is 5.74. The Morgan fingerprint density at radius 2 is 2.08 bits per heavy atom. The van der Waals surface area contributed by atoms with Crippen LogP contribution in [-0.2, 0) is 7.05 Å². The number of hydrogen-bond acceptors (Lipinski definition) is 4. The summed E-state index contributed by atoms with van der Waals surface area (Å²) in [5.41, 5.74) is 2.13. The third-order valence-corrected chi connectivity index (χ3v) is 4.97. The average molecular weight is 353 g/mol. The molecule has 0 bridgehead atoms. The van der Waals surface area contributed by atoms with E-state index in [0.717, 1.165) is 43.1 Å². The lowest BCUT2D eigenvalue weighted by Gasteiger charge is -2.29. The predicted octanol–water partition coefficient (Wildman–Crippen LogP) is 2.13. The molecule has 136 valence electrons. The Labute approximate surface area is 151 Å². The van der Waals surface area contributed by atoms with Gasteiger partial charge in [0, 0.05) is 19.3 Å². The van der Waals surface area contributed by atoms with Gasteiger partial charge in [-0.3, -0.25) is 9.89 Å². The van der Waals surface area contributed by atoms with E-state index < -0.39 is 0 Å². The van der Waals surface area contributed by atoms with E-state index >= 15 is 0 Å². The van der Waals surface area contributed by atoms with E-state index in [9.17, 15) is 4.79 Å². The van der Waals surface area contributed by atoms with E-state index in [4.69, 9.17) is 0 Å². The van der Waals surface area contributed by atoms with Gasteiger partial charge < -0.3 is 14.8 Å². The number of likely N-dealkylation sites (tertiary alicyclic amines) is 1. The van der Waals surface area contributed by atoms with Crippen LogP contribution in [0.15, 0.2) is 36.7 Å². The number of H-pyrrole nitrogens is 1. The number of aryl methyl sites for hydroxylation is 1. The van der Waals surface area contributed by atoms with Crippen molar-refractivity contribution >= 4 is 11.7 Å². The lowest BCUT2D eigenvalue weighted by atomic mass is 10.1. The van der Waals surface area contributed by atoms with Gasteiger partial charge in [0.2, 0.25) is 0 Å². The van der Waals surface area contributed by atoms with Gasteiger partial charge in [-0.05, 0) is 51.2 Å². The first-order valence-electron chi connectivity index (χ1n) is 8.82. The van der Waals surface area contributed by atoms with Crippen molar-refractivity contribution in [1.82, 2.24) is 29.4 Å². The fraction of sp³-hybridized carbons (Fsp3) is 0.389. The van der Waals surface area contributed by atoms with Crippen LogP contribution >= 0.6 is 0 Å². The van der Waals surface area contributed by atoms with E-state index in [-0.39, 0.29) is 5.91 Å². The zero-order valence-electron chi connectivity index (χ0n) is 15.0. The van der Waals surface area contributed by atoms with Gasteiger partial charge in [0.15, 0.2) is 0 Å². The van der Waals surface area contributed by atoms with Gasteiger partial charge in [-0.15, -0.1) is 0 Å². The van der Waals surface area contributed by atoms with Crippen molar-refractivity contribution in [3.05, 3.63) is 42.4 Å². The van der Waals surface area contributed by atoms with E-state index in [1.54, 1.807) is 12.3 Å². The summed E-state index contributed by atoms with van der Waals surface area (Å²) in [6, 6.07) is 7.83. The van der Waals surface area contributed by atoms with Gasteiger partial charge in [0.05, 0.1) is 17.9 Å². The van der Waals surface area contributed by atoms with Crippen LogP contribution in [0.25, 0.3) is 11.4 Å². The van der Waals surface area contributed by atoms with E-state index in [1.807, 2.05) is 40.7 Å². The Balaban J connectivity index is 1.49. The first-order valence-corrected chi connectivity index (χ1v) is 8.82. The Kier molecular flexibility index (Phi) is 4.34. The van der Waals surface area contributed by atoms with Crippen molar-refractivity contribution in [2.45, 2.75) is 18.9 Å². The highest BCUT2D eigenvalue weighted by Crippen LogP contribution is 2.25. The number of aromatic amines is 1. The van der Waals surface area contributed by atoms with Crippen LogP contribution in [-0.4, -0.2) is 55.5 Å². The third kappa shape index (κ3) is 3.15. The second-order valence-corrected chi connectivity index (χ2v) is 6.82. The maximum absolute atomic E-state index is 12.6. The molecule has 2 N–H and O–H groups in total. The molecule has 4 heterocycles. The normalized spacial score (nSPS) is 16.1. The molecular formula is C18H23N7O. The molecule has 1 amide bonds. The Hall–Kier alpha value is -2.87. The largest absolute Gasteiger partial charge is 0.349 e. The Bertz CT molecular complexity index is 898. The summed E-state index contributed by atoms with van der Waals surface area (Å²) in [6.45, 7) is 2.08. The molecule has 8 heteroatoms. The molecule has 26 heavy (non-hydrogen) atoms. The highest BCUT2D eigenvalue weighted by atomic mass is 16.2. The fourth-order valence-electron chi connectivity index (χ4n) is 3.42. The number of anilines is 1. The van der Waals surface area contributed by atoms with Crippen molar-refractivity contribution in [3.63, 3.8) is 0 Å². The average Bonchev–Trinajstić information content (AvgIpc) is 3.36. The molecule has 3 aromatic rings. The standard InChI is InChI=1S/C18H23N7O/c1-23-10-6-13(7-11-23)25-17(5-8-19-25)20-18(26)15-12-14(21-22-15)16-4-3-9-24(16)2/h3-5,8-9,12-13H,6-7,10-11H2,1-2H3,(H,20,26)(H,21,22). The molecule has 1 aliphatic rings. The molecule has 0 aliphatic carbocycles. The molecule has 4 rings (SSSR count). The number of carbonyl (C=O) groups excluding carboxylic acids is 1. The van der Waals surface area contributed by atoms with Gasteiger partial charge in [-0.2, -0.15) is 10.2 Å². The molecule has 8 nitrogen and oxygen atoms in total. The van der Waals surface area contributed by atoms with Gasteiger partial charge in [0.1, 0.15) is 17.2 Å². The molecule has 0 atom stereocenters. The SMILES string of the molecule is CN1CCC(n2nccc2NC(=O)c2cc(-c3cccn3C)n[nH]2)CC1. The lowest BCUT2D eigenvalue weighted by molar-refractivity contribution is 0.102. The summed E-state index contributed by atoms with van der Waals surface area (Å²) in [7, 11) is 4.08. The summed E-state index contributed by atoms with van der Waals surface area (Å²) < 4.78 is 3.90. The smallest absolute Gasteiger partial charge is 0.274 e. The van der Waals surface area contributed by atoms with Gasteiger partial charge >= 0.3 is 0 Å². The van der Waals surface area contributed by atoms with Gasteiger partial charge in [-0.1, -0.05) is 0 Å². The molecule has 0 spiro atoms. The van der Waals surface area contributed by atoms with E-state index in [0.29, 0.717) is 11.7 Å². The molecule has 1 saturated heterocycles. The number of nitrogens with one attached hydrogen (secondary N) is 2. The number of aromatic nitrogens is 5. The molecule has 0 radical (unpaired) electrons. The molecule has 0 aromatic carbocycles. The van der Waals surface area contributed by atoms with Crippen LogP contribution < -0.4 is 5.32 Å². The zero-order valence-corrected chi connectivity index (χ0v) is 15.0. The van der Waals surface area contributed by atoms with Crippen molar-refractivity contribution in [1.29, 1.82) is 0 Å². The van der Waals surface area contributed by atoms with Crippen molar-refractivity contribution in [2.24, 2.45) is 7.05 Å². The number of carbonyl (C=O) groups is 1.